The average molecular weight is 324 g/mol. The Morgan fingerprint density at radius 3 is 1.83 bits per heavy atom. The van der Waals surface area contributed by atoms with Gasteiger partial charge in [-0.05, 0) is 43.5 Å². The summed E-state index contributed by atoms with van der Waals surface area (Å²) in [6.45, 7) is 1.43. The molecule has 1 saturated carbocycles. The second-order valence-corrected chi connectivity index (χ2v) is 6.33. The first-order chi connectivity index (χ1) is 11.9. The molecule has 0 N–H and O–H groups in total. The van der Waals surface area contributed by atoms with Crippen LogP contribution < -0.4 is 0 Å². The molecule has 1 atom stereocenters. The molecule has 122 valence electrons. The van der Waals surface area contributed by atoms with Gasteiger partial charge in [0.2, 0.25) is 0 Å². The second-order valence-electron chi connectivity index (χ2n) is 6.33. The minimum absolute atomic E-state index is 0.237. The highest BCUT2D eigenvalue weighted by Crippen LogP contribution is 2.39. The fourth-order valence-electron chi connectivity index (χ4n) is 2.87. The Morgan fingerprint density at radius 2 is 1.33 bits per heavy atom. The highest BCUT2D eigenvalue weighted by molar-refractivity contribution is 5.61. The molecule has 2 aromatic heterocycles. The molecule has 2 aliphatic rings. The van der Waals surface area contributed by atoms with Crippen LogP contribution in [0.25, 0.3) is 22.9 Å². The first-order valence-electron chi connectivity index (χ1n) is 8.22. The molecule has 7 nitrogen and oxygen atoms in total. The molecule has 5 rings (SSSR count). The summed E-state index contributed by atoms with van der Waals surface area (Å²) in [4.78, 5) is 8.95. The summed E-state index contributed by atoms with van der Waals surface area (Å²) in [5.74, 6) is 3.33. The number of hydrogen-bond acceptors (Lipinski definition) is 7. The summed E-state index contributed by atoms with van der Waals surface area (Å²) in [5, 5.41) is 8.12. The molecule has 1 aromatic carbocycles. The van der Waals surface area contributed by atoms with Crippen LogP contribution in [0.3, 0.4) is 0 Å². The molecule has 0 radical (unpaired) electrons. The van der Waals surface area contributed by atoms with Gasteiger partial charge >= 0.3 is 0 Å². The summed E-state index contributed by atoms with van der Waals surface area (Å²) < 4.78 is 16.1. The minimum atomic E-state index is 0.237. The molecule has 1 aliphatic carbocycles. The van der Waals surface area contributed by atoms with Crippen LogP contribution in [0.4, 0.5) is 0 Å². The molecular weight excluding hydrogens is 308 g/mol. The van der Waals surface area contributed by atoms with E-state index in [1.54, 1.807) is 0 Å². The van der Waals surface area contributed by atoms with Gasteiger partial charge in [0.25, 0.3) is 11.8 Å². The van der Waals surface area contributed by atoms with Gasteiger partial charge < -0.3 is 13.8 Å². The van der Waals surface area contributed by atoms with Crippen molar-refractivity contribution in [2.24, 2.45) is 0 Å². The Labute approximate surface area is 138 Å². The third-order valence-corrected chi connectivity index (χ3v) is 4.50. The predicted molar refractivity (Wildman–Crippen MR) is 83.2 cm³/mol. The third kappa shape index (κ3) is 2.50. The van der Waals surface area contributed by atoms with Crippen molar-refractivity contribution in [1.29, 1.82) is 0 Å². The van der Waals surface area contributed by atoms with Crippen LogP contribution in [-0.2, 0) is 4.74 Å². The van der Waals surface area contributed by atoms with Crippen LogP contribution in [0.1, 0.15) is 42.7 Å². The van der Waals surface area contributed by atoms with Gasteiger partial charge in [0.05, 0.1) is 6.61 Å². The van der Waals surface area contributed by atoms with Crippen LogP contribution in [0.2, 0.25) is 0 Å². The molecule has 0 spiro atoms. The van der Waals surface area contributed by atoms with Gasteiger partial charge in [0.1, 0.15) is 0 Å². The molecular formula is C17H16N4O3. The van der Waals surface area contributed by atoms with Crippen LogP contribution in [0, 0.1) is 0 Å². The van der Waals surface area contributed by atoms with E-state index in [9.17, 15) is 0 Å². The van der Waals surface area contributed by atoms with E-state index in [-0.39, 0.29) is 5.92 Å². The Balaban J connectivity index is 1.37. The predicted octanol–water partition coefficient (Wildman–Crippen LogP) is 3.17. The molecule has 2 fully saturated rings. The standard InChI is InChI=1S/C17H16N4O3/c1-2-10(1)14-18-16(23-20-14)11-3-5-12(6-4-11)17-19-15(21-24-17)13-7-8-22-9-13/h3-6,10,13H,1-2,7-9H2/t13-/m1/s1. The van der Waals surface area contributed by atoms with Gasteiger partial charge in [0, 0.05) is 29.6 Å². The SMILES string of the molecule is c1cc(-c2nc([C@@H]3CCOC3)no2)ccc1-c1nc(C2CC2)no1. The molecule has 0 unspecified atom stereocenters. The molecule has 3 aromatic rings. The van der Waals surface area contributed by atoms with Crippen molar-refractivity contribution in [3.8, 4) is 22.9 Å². The molecule has 3 heterocycles. The quantitative estimate of drug-likeness (QED) is 0.728. The lowest BCUT2D eigenvalue weighted by Crippen LogP contribution is -1.99. The van der Waals surface area contributed by atoms with Crippen molar-refractivity contribution in [1.82, 2.24) is 20.3 Å². The first kappa shape index (κ1) is 13.9. The van der Waals surface area contributed by atoms with Crippen LogP contribution in [0.15, 0.2) is 33.3 Å². The van der Waals surface area contributed by atoms with Gasteiger partial charge in [-0.3, -0.25) is 0 Å². The Bertz CT molecular complexity index is 845. The van der Waals surface area contributed by atoms with Gasteiger partial charge in [-0.25, -0.2) is 0 Å². The Morgan fingerprint density at radius 1 is 0.750 bits per heavy atom. The maximum atomic E-state index is 5.38. The highest BCUT2D eigenvalue weighted by atomic mass is 16.5. The maximum absolute atomic E-state index is 5.38. The van der Waals surface area contributed by atoms with E-state index in [4.69, 9.17) is 13.8 Å². The monoisotopic (exact) mass is 324 g/mol. The van der Waals surface area contributed by atoms with E-state index >= 15 is 0 Å². The second kappa shape index (κ2) is 5.52. The van der Waals surface area contributed by atoms with Crippen LogP contribution in [0.5, 0.6) is 0 Å². The Hall–Kier alpha value is -2.54. The maximum Gasteiger partial charge on any atom is 0.257 e. The van der Waals surface area contributed by atoms with Crippen molar-refractivity contribution in [3.63, 3.8) is 0 Å². The van der Waals surface area contributed by atoms with E-state index in [0.29, 0.717) is 24.3 Å². The zero-order valence-electron chi connectivity index (χ0n) is 13.0. The highest BCUT2D eigenvalue weighted by Gasteiger charge is 2.29. The zero-order chi connectivity index (χ0) is 15.9. The molecule has 0 bridgehead atoms. The van der Waals surface area contributed by atoms with Crippen molar-refractivity contribution in [3.05, 3.63) is 35.9 Å². The zero-order valence-corrected chi connectivity index (χ0v) is 13.0. The summed E-state index contributed by atoms with van der Waals surface area (Å²) in [6.07, 6.45) is 3.26. The number of aromatic nitrogens is 4. The fraction of sp³-hybridized carbons (Fsp3) is 0.412. The van der Waals surface area contributed by atoms with Crippen molar-refractivity contribution < 1.29 is 13.8 Å². The van der Waals surface area contributed by atoms with E-state index in [1.807, 2.05) is 24.3 Å². The Kier molecular flexibility index (Phi) is 3.19. The lowest BCUT2D eigenvalue weighted by Gasteiger charge is -1.98. The lowest BCUT2D eigenvalue weighted by molar-refractivity contribution is 0.192. The van der Waals surface area contributed by atoms with Gasteiger partial charge in [-0.1, -0.05) is 10.3 Å². The average Bonchev–Trinajstić information content (AvgIpc) is 3.07. The lowest BCUT2D eigenvalue weighted by atomic mass is 10.1. The number of nitrogens with zero attached hydrogens (tertiary/aromatic N) is 4. The number of hydrogen-bond donors (Lipinski definition) is 0. The van der Waals surface area contributed by atoms with Gasteiger partial charge in [-0.2, -0.15) is 9.97 Å². The van der Waals surface area contributed by atoms with Crippen molar-refractivity contribution in [2.45, 2.75) is 31.1 Å². The molecule has 0 amide bonds. The van der Waals surface area contributed by atoms with Gasteiger partial charge in [0.15, 0.2) is 11.6 Å². The minimum Gasteiger partial charge on any atom is -0.381 e. The largest absolute Gasteiger partial charge is 0.381 e. The summed E-state index contributed by atoms with van der Waals surface area (Å²) >= 11 is 0. The summed E-state index contributed by atoms with van der Waals surface area (Å²) in [5.41, 5.74) is 1.76. The summed E-state index contributed by atoms with van der Waals surface area (Å²) in [7, 11) is 0. The molecule has 24 heavy (non-hydrogen) atoms. The molecule has 7 heteroatoms. The van der Waals surface area contributed by atoms with Crippen molar-refractivity contribution in [2.75, 3.05) is 13.2 Å². The molecule has 1 aliphatic heterocycles. The van der Waals surface area contributed by atoms with E-state index in [2.05, 4.69) is 20.3 Å². The van der Waals surface area contributed by atoms with Crippen molar-refractivity contribution >= 4 is 0 Å². The number of ether oxygens (including phenoxy) is 1. The van der Waals surface area contributed by atoms with E-state index < -0.39 is 0 Å². The number of benzene rings is 1. The third-order valence-electron chi connectivity index (χ3n) is 4.50. The molecule has 1 saturated heterocycles. The van der Waals surface area contributed by atoms with E-state index in [1.165, 1.54) is 0 Å². The smallest absolute Gasteiger partial charge is 0.257 e. The summed E-state index contributed by atoms with van der Waals surface area (Å²) in [6, 6.07) is 7.72. The fourth-order valence-corrected chi connectivity index (χ4v) is 2.87. The van der Waals surface area contributed by atoms with Crippen LogP contribution in [-0.4, -0.2) is 33.5 Å². The van der Waals surface area contributed by atoms with Gasteiger partial charge in [-0.15, -0.1) is 0 Å². The van der Waals surface area contributed by atoms with E-state index in [0.717, 1.165) is 48.6 Å². The van der Waals surface area contributed by atoms with Crippen LogP contribution >= 0.6 is 0 Å². The topological polar surface area (TPSA) is 87.1 Å². The number of rotatable bonds is 4. The first-order valence-corrected chi connectivity index (χ1v) is 8.22. The normalized spacial score (nSPS) is 20.6.